The maximum atomic E-state index is 5.83. The SMILES string of the molecule is CN(C)c1cc(N)c2nc[nH]c2c1. The van der Waals surface area contributed by atoms with E-state index in [1.54, 1.807) is 6.33 Å². The molecular formula is C9H12N4. The number of nitrogens with zero attached hydrogens (tertiary/aromatic N) is 2. The molecule has 0 fully saturated rings. The highest BCUT2D eigenvalue weighted by Crippen LogP contribution is 2.24. The number of aromatic amines is 1. The van der Waals surface area contributed by atoms with Crippen LogP contribution in [0.4, 0.5) is 11.4 Å². The summed E-state index contributed by atoms with van der Waals surface area (Å²) in [5, 5.41) is 0. The van der Waals surface area contributed by atoms with E-state index in [0.717, 1.165) is 16.7 Å². The fraction of sp³-hybridized carbons (Fsp3) is 0.222. The number of nitrogens with one attached hydrogen (secondary N) is 1. The van der Waals surface area contributed by atoms with E-state index in [2.05, 4.69) is 9.97 Å². The predicted molar refractivity (Wildman–Crippen MR) is 54.8 cm³/mol. The van der Waals surface area contributed by atoms with Gasteiger partial charge in [-0.1, -0.05) is 0 Å². The van der Waals surface area contributed by atoms with Gasteiger partial charge in [-0.25, -0.2) is 4.98 Å². The van der Waals surface area contributed by atoms with Gasteiger partial charge in [0, 0.05) is 19.8 Å². The van der Waals surface area contributed by atoms with Gasteiger partial charge in [0.05, 0.1) is 17.5 Å². The number of imidazole rings is 1. The van der Waals surface area contributed by atoms with E-state index in [-0.39, 0.29) is 0 Å². The van der Waals surface area contributed by atoms with Crippen LogP contribution < -0.4 is 10.6 Å². The summed E-state index contributed by atoms with van der Waals surface area (Å²) in [5.74, 6) is 0. The van der Waals surface area contributed by atoms with Crippen LogP contribution in [0, 0.1) is 0 Å². The molecule has 0 radical (unpaired) electrons. The number of rotatable bonds is 1. The molecule has 0 aliphatic rings. The molecule has 68 valence electrons. The second kappa shape index (κ2) is 2.65. The van der Waals surface area contributed by atoms with Crippen LogP contribution in [0.15, 0.2) is 18.5 Å². The Hall–Kier alpha value is -1.71. The van der Waals surface area contributed by atoms with Crippen LogP contribution in [0.3, 0.4) is 0 Å². The number of benzene rings is 1. The number of aromatic nitrogens is 2. The summed E-state index contributed by atoms with van der Waals surface area (Å²) in [4.78, 5) is 9.17. The normalized spacial score (nSPS) is 10.6. The molecule has 4 nitrogen and oxygen atoms in total. The molecule has 0 saturated heterocycles. The molecular weight excluding hydrogens is 164 g/mol. The highest BCUT2D eigenvalue weighted by molar-refractivity contribution is 5.90. The molecule has 0 bridgehead atoms. The Morgan fingerprint density at radius 2 is 2.15 bits per heavy atom. The van der Waals surface area contributed by atoms with Gasteiger partial charge in [0.2, 0.25) is 0 Å². The lowest BCUT2D eigenvalue weighted by Crippen LogP contribution is -2.08. The lowest BCUT2D eigenvalue weighted by molar-refractivity contribution is 1.13. The summed E-state index contributed by atoms with van der Waals surface area (Å²) < 4.78 is 0. The van der Waals surface area contributed by atoms with E-state index in [1.807, 2.05) is 31.1 Å². The highest BCUT2D eigenvalue weighted by atomic mass is 15.1. The summed E-state index contributed by atoms with van der Waals surface area (Å²) in [6, 6.07) is 3.95. The van der Waals surface area contributed by atoms with Gasteiger partial charge in [0.25, 0.3) is 0 Å². The standard InChI is InChI=1S/C9H12N4/c1-13(2)6-3-7(10)9-8(4-6)11-5-12-9/h3-5H,10H2,1-2H3,(H,11,12). The van der Waals surface area contributed by atoms with Crippen molar-refractivity contribution in [3.05, 3.63) is 18.5 Å². The molecule has 2 rings (SSSR count). The van der Waals surface area contributed by atoms with Gasteiger partial charge in [0.1, 0.15) is 5.52 Å². The maximum absolute atomic E-state index is 5.83. The summed E-state index contributed by atoms with van der Waals surface area (Å²) in [7, 11) is 3.97. The first-order valence-electron chi connectivity index (χ1n) is 4.08. The molecule has 3 N–H and O–H groups in total. The second-order valence-electron chi connectivity index (χ2n) is 3.23. The molecule has 0 spiro atoms. The topological polar surface area (TPSA) is 57.9 Å². The highest BCUT2D eigenvalue weighted by Gasteiger charge is 2.04. The summed E-state index contributed by atoms with van der Waals surface area (Å²) >= 11 is 0. The monoisotopic (exact) mass is 176 g/mol. The third kappa shape index (κ3) is 1.20. The van der Waals surface area contributed by atoms with Crippen LogP contribution in [0.2, 0.25) is 0 Å². The first kappa shape index (κ1) is 7.91. The number of fused-ring (bicyclic) bond motifs is 1. The predicted octanol–water partition coefficient (Wildman–Crippen LogP) is 1.21. The van der Waals surface area contributed by atoms with Gasteiger partial charge in [-0.2, -0.15) is 0 Å². The van der Waals surface area contributed by atoms with Crippen LogP contribution in [0.5, 0.6) is 0 Å². The molecule has 0 aliphatic heterocycles. The van der Waals surface area contributed by atoms with Crippen LogP contribution in [0.1, 0.15) is 0 Å². The molecule has 4 heteroatoms. The zero-order valence-corrected chi connectivity index (χ0v) is 7.70. The van der Waals surface area contributed by atoms with Crippen molar-refractivity contribution in [2.45, 2.75) is 0 Å². The first-order valence-corrected chi connectivity index (χ1v) is 4.08. The van der Waals surface area contributed by atoms with E-state index in [0.29, 0.717) is 5.69 Å². The van der Waals surface area contributed by atoms with Crippen molar-refractivity contribution in [3.8, 4) is 0 Å². The van der Waals surface area contributed by atoms with Crippen LogP contribution in [-0.2, 0) is 0 Å². The molecule has 1 heterocycles. The van der Waals surface area contributed by atoms with Crippen LogP contribution in [-0.4, -0.2) is 24.1 Å². The van der Waals surface area contributed by atoms with Crippen molar-refractivity contribution >= 4 is 22.4 Å². The largest absolute Gasteiger partial charge is 0.397 e. The summed E-state index contributed by atoms with van der Waals surface area (Å²) in [5.41, 5.74) is 9.43. The molecule has 1 aromatic heterocycles. The van der Waals surface area contributed by atoms with E-state index in [1.165, 1.54) is 0 Å². The average Bonchev–Trinajstić information content (AvgIpc) is 2.51. The minimum absolute atomic E-state index is 0.711. The number of hydrogen-bond acceptors (Lipinski definition) is 3. The van der Waals surface area contributed by atoms with Crippen molar-refractivity contribution in [2.24, 2.45) is 0 Å². The fourth-order valence-corrected chi connectivity index (χ4v) is 1.32. The molecule has 2 aromatic rings. The van der Waals surface area contributed by atoms with Crippen molar-refractivity contribution < 1.29 is 0 Å². The Kier molecular flexibility index (Phi) is 1.62. The quantitative estimate of drug-likeness (QED) is 0.642. The zero-order valence-electron chi connectivity index (χ0n) is 7.70. The van der Waals surface area contributed by atoms with Crippen molar-refractivity contribution in [1.29, 1.82) is 0 Å². The van der Waals surface area contributed by atoms with E-state index >= 15 is 0 Å². The van der Waals surface area contributed by atoms with E-state index in [4.69, 9.17) is 5.73 Å². The summed E-state index contributed by atoms with van der Waals surface area (Å²) in [6.07, 6.45) is 1.65. The van der Waals surface area contributed by atoms with Gasteiger partial charge < -0.3 is 15.6 Å². The Morgan fingerprint density at radius 1 is 1.38 bits per heavy atom. The molecule has 0 unspecified atom stereocenters. The van der Waals surface area contributed by atoms with Crippen LogP contribution in [0.25, 0.3) is 11.0 Å². The number of anilines is 2. The van der Waals surface area contributed by atoms with Gasteiger partial charge >= 0.3 is 0 Å². The Balaban J connectivity index is 2.70. The lowest BCUT2D eigenvalue weighted by Gasteiger charge is -2.12. The van der Waals surface area contributed by atoms with Crippen LogP contribution >= 0.6 is 0 Å². The summed E-state index contributed by atoms with van der Waals surface area (Å²) in [6.45, 7) is 0. The second-order valence-corrected chi connectivity index (χ2v) is 3.23. The maximum Gasteiger partial charge on any atom is 0.111 e. The van der Waals surface area contributed by atoms with Gasteiger partial charge in [-0.3, -0.25) is 0 Å². The average molecular weight is 176 g/mol. The molecule has 1 aromatic carbocycles. The van der Waals surface area contributed by atoms with Crippen molar-refractivity contribution in [1.82, 2.24) is 9.97 Å². The molecule has 13 heavy (non-hydrogen) atoms. The minimum Gasteiger partial charge on any atom is -0.397 e. The smallest absolute Gasteiger partial charge is 0.111 e. The molecule has 0 atom stereocenters. The zero-order chi connectivity index (χ0) is 9.42. The number of nitrogens with two attached hydrogens (primary N) is 1. The number of hydrogen-bond donors (Lipinski definition) is 2. The molecule has 0 amide bonds. The first-order chi connectivity index (χ1) is 6.18. The van der Waals surface area contributed by atoms with Crippen molar-refractivity contribution in [3.63, 3.8) is 0 Å². The van der Waals surface area contributed by atoms with Crippen molar-refractivity contribution in [2.75, 3.05) is 24.7 Å². The number of H-pyrrole nitrogens is 1. The third-order valence-electron chi connectivity index (χ3n) is 2.05. The van der Waals surface area contributed by atoms with E-state index < -0.39 is 0 Å². The lowest BCUT2D eigenvalue weighted by atomic mass is 10.2. The Bertz CT molecular complexity index is 430. The minimum atomic E-state index is 0.711. The molecule has 0 saturated carbocycles. The van der Waals surface area contributed by atoms with Gasteiger partial charge in [-0.05, 0) is 12.1 Å². The number of nitrogen functional groups attached to an aromatic ring is 1. The fourth-order valence-electron chi connectivity index (χ4n) is 1.32. The van der Waals surface area contributed by atoms with E-state index in [9.17, 15) is 0 Å². The Morgan fingerprint density at radius 3 is 2.85 bits per heavy atom. The van der Waals surface area contributed by atoms with Gasteiger partial charge in [-0.15, -0.1) is 0 Å². The van der Waals surface area contributed by atoms with Gasteiger partial charge in [0.15, 0.2) is 0 Å². The third-order valence-corrected chi connectivity index (χ3v) is 2.05. The molecule has 0 aliphatic carbocycles. The Labute approximate surface area is 76.4 Å².